The van der Waals surface area contributed by atoms with Gasteiger partial charge < -0.3 is 5.32 Å². The summed E-state index contributed by atoms with van der Waals surface area (Å²) in [4.78, 5) is 24.2. The van der Waals surface area contributed by atoms with Crippen molar-refractivity contribution < 1.29 is 9.72 Å². The second-order valence-corrected chi connectivity index (χ2v) is 7.11. The van der Waals surface area contributed by atoms with E-state index in [1.165, 1.54) is 16.0 Å². The maximum Gasteiger partial charge on any atom is 0.309 e. The molecule has 2 aromatic heterocycles. The number of carbonyl (C=O) groups excluding carboxylic acids is 1. The zero-order valence-electron chi connectivity index (χ0n) is 13.9. The van der Waals surface area contributed by atoms with Gasteiger partial charge in [0.15, 0.2) is 0 Å². The molecule has 0 fully saturated rings. The van der Waals surface area contributed by atoms with Gasteiger partial charge in [-0.25, -0.2) is 0 Å². The molecule has 0 spiro atoms. The highest BCUT2D eigenvalue weighted by Crippen LogP contribution is 2.38. The first-order valence-electron chi connectivity index (χ1n) is 7.98. The van der Waals surface area contributed by atoms with Crippen molar-refractivity contribution >= 4 is 27.9 Å². The first-order chi connectivity index (χ1) is 11.9. The van der Waals surface area contributed by atoms with Crippen LogP contribution in [0.1, 0.15) is 47.5 Å². The Hall–Kier alpha value is -2.73. The topological polar surface area (TPSA) is 114 Å². The standard InChI is InChI=1S/C16H17N5O3S/c1-9-13(21(23)24)8-18-20(9)10(2)15(22)19-16-12(7-17)11-5-3-4-6-14(11)25-16/h8,10H,3-6H2,1-2H3,(H,19,22). The first-order valence-corrected chi connectivity index (χ1v) is 8.79. The molecular weight excluding hydrogens is 342 g/mol. The van der Waals surface area contributed by atoms with E-state index in [1.807, 2.05) is 0 Å². The second-order valence-electron chi connectivity index (χ2n) is 6.01. The molecule has 1 aliphatic rings. The van der Waals surface area contributed by atoms with Crippen LogP contribution < -0.4 is 5.32 Å². The lowest BCUT2D eigenvalue weighted by atomic mass is 9.96. The fraction of sp³-hybridized carbons (Fsp3) is 0.438. The maximum absolute atomic E-state index is 12.6. The molecule has 2 heterocycles. The molecule has 0 aromatic carbocycles. The zero-order valence-corrected chi connectivity index (χ0v) is 14.7. The average Bonchev–Trinajstić information content (AvgIpc) is 3.13. The number of nitrogens with one attached hydrogen (secondary N) is 1. The number of hydrogen-bond acceptors (Lipinski definition) is 6. The van der Waals surface area contributed by atoms with Crippen LogP contribution in [-0.2, 0) is 17.6 Å². The number of rotatable bonds is 4. The van der Waals surface area contributed by atoms with Gasteiger partial charge in [0.05, 0.1) is 10.5 Å². The van der Waals surface area contributed by atoms with Crippen molar-refractivity contribution in [1.29, 1.82) is 5.26 Å². The molecule has 2 aromatic rings. The van der Waals surface area contributed by atoms with Crippen molar-refractivity contribution in [2.75, 3.05) is 5.32 Å². The Balaban J connectivity index is 1.84. The van der Waals surface area contributed by atoms with Crippen LogP contribution in [0.25, 0.3) is 0 Å². The molecule has 0 saturated carbocycles. The van der Waals surface area contributed by atoms with Gasteiger partial charge in [-0.3, -0.25) is 19.6 Å². The summed E-state index contributed by atoms with van der Waals surface area (Å²) in [5, 5.41) is 27.7. The molecule has 1 aliphatic carbocycles. The molecule has 0 saturated heterocycles. The van der Waals surface area contributed by atoms with Crippen molar-refractivity contribution in [3.63, 3.8) is 0 Å². The third kappa shape index (κ3) is 3.00. The van der Waals surface area contributed by atoms with Crippen molar-refractivity contribution in [2.24, 2.45) is 0 Å². The number of fused-ring (bicyclic) bond motifs is 1. The van der Waals surface area contributed by atoms with Crippen LogP contribution in [0.2, 0.25) is 0 Å². The van der Waals surface area contributed by atoms with E-state index < -0.39 is 11.0 Å². The summed E-state index contributed by atoms with van der Waals surface area (Å²) in [5.41, 5.74) is 1.79. The minimum absolute atomic E-state index is 0.121. The molecule has 9 heteroatoms. The number of amides is 1. The van der Waals surface area contributed by atoms with Gasteiger partial charge in [0.2, 0.25) is 5.91 Å². The van der Waals surface area contributed by atoms with Gasteiger partial charge in [0.1, 0.15) is 29.0 Å². The molecule has 0 bridgehead atoms. The molecule has 0 aliphatic heterocycles. The van der Waals surface area contributed by atoms with E-state index in [1.54, 1.807) is 13.8 Å². The number of aromatic nitrogens is 2. The summed E-state index contributed by atoms with van der Waals surface area (Å²) < 4.78 is 1.33. The van der Waals surface area contributed by atoms with E-state index in [2.05, 4.69) is 16.5 Å². The molecule has 1 unspecified atom stereocenters. The van der Waals surface area contributed by atoms with Crippen LogP contribution in [-0.4, -0.2) is 20.6 Å². The third-order valence-corrected chi connectivity index (χ3v) is 5.69. The number of nitriles is 1. The summed E-state index contributed by atoms with van der Waals surface area (Å²) in [5.74, 6) is -0.351. The lowest BCUT2D eigenvalue weighted by Gasteiger charge is -2.13. The van der Waals surface area contributed by atoms with Crippen molar-refractivity contribution in [3.05, 3.63) is 38.0 Å². The molecule has 25 heavy (non-hydrogen) atoms. The van der Waals surface area contributed by atoms with Crippen LogP contribution in [0.5, 0.6) is 0 Å². The summed E-state index contributed by atoms with van der Waals surface area (Å²) in [6.07, 6.45) is 5.09. The summed E-state index contributed by atoms with van der Waals surface area (Å²) in [6, 6.07) is 1.48. The molecule has 1 amide bonds. The number of hydrogen-bond donors (Lipinski definition) is 1. The number of aryl methyl sites for hydroxylation is 1. The smallest absolute Gasteiger partial charge is 0.309 e. The van der Waals surface area contributed by atoms with Gasteiger partial charge >= 0.3 is 5.69 Å². The normalized spacial score (nSPS) is 14.4. The minimum atomic E-state index is -0.723. The van der Waals surface area contributed by atoms with Crippen LogP contribution in [0.4, 0.5) is 10.7 Å². The van der Waals surface area contributed by atoms with E-state index in [0.29, 0.717) is 16.3 Å². The SMILES string of the molecule is Cc1c([N+](=O)[O-])cnn1C(C)C(=O)Nc1sc2c(c1C#N)CCCC2. The molecule has 130 valence electrons. The van der Waals surface area contributed by atoms with Gasteiger partial charge in [-0.05, 0) is 45.1 Å². The van der Waals surface area contributed by atoms with E-state index in [0.717, 1.165) is 42.3 Å². The second kappa shape index (κ2) is 6.64. The molecular formula is C16H17N5O3S. The number of thiophene rings is 1. The minimum Gasteiger partial charge on any atom is -0.315 e. The Morgan fingerprint density at radius 1 is 1.52 bits per heavy atom. The fourth-order valence-corrected chi connectivity index (χ4v) is 4.33. The maximum atomic E-state index is 12.6. The monoisotopic (exact) mass is 359 g/mol. The average molecular weight is 359 g/mol. The van der Waals surface area contributed by atoms with Crippen LogP contribution in [0.15, 0.2) is 6.20 Å². The first kappa shape index (κ1) is 17.1. The highest BCUT2D eigenvalue weighted by molar-refractivity contribution is 7.16. The largest absolute Gasteiger partial charge is 0.315 e. The predicted octanol–water partition coefficient (Wildman–Crippen LogP) is 3.11. The Kier molecular flexibility index (Phi) is 4.55. The van der Waals surface area contributed by atoms with Gasteiger partial charge in [-0.2, -0.15) is 10.4 Å². The van der Waals surface area contributed by atoms with E-state index >= 15 is 0 Å². The predicted molar refractivity (Wildman–Crippen MR) is 92.6 cm³/mol. The van der Waals surface area contributed by atoms with Gasteiger partial charge in [-0.15, -0.1) is 11.3 Å². The fourth-order valence-electron chi connectivity index (χ4n) is 3.08. The van der Waals surface area contributed by atoms with Gasteiger partial charge in [-0.1, -0.05) is 0 Å². The van der Waals surface area contributed by atoms with Crippen molar-refractivity contribution in [2.45, 2.75) is 45.6 Å². The van der Waals surface area contributed by atoms with Crippen LogP contribution in [0, 0.1) is 28.4 Å². The molecule has 8 nitrogen and oxygen atoms in total. The Morgan fingerprint density at radius 2 is 2.24 bits per heavy atom. The van der Waals surface area contributed by atoms with Gasteiger partial charge in [0, 0.05) is 4.88 Å². The Labute approximate surface area is 148 Å². The van der Waals surface area contributed by atoms with E-state index in [9.17, 15) is 20.2 Å². The number of nitro groups is 1. The lowest BCUT2D eigenvalue weighted by Crippen LogP contribution is -2.25. The quantitative estimate of drug-likeness (QED) is 0.665. The van der Waals surface area contributed by atoms with Crippen LogP contribution >= 0.6 is 11.3 Å². The molecule has 3 rings (SSSR count). The van der Waals surface area contributed by atoms with Crippen molar-refractivity contribution in [3.8, 4) is 6.07 Å². The van der Waals surface area contributed by atoms with Crippen molar-refractivity contribution in [1.82, 2.24) is 9.78 Å². The van der Waals surface area contributed by atoms with E-state index in [4.69, 9.17) is 0 Å². The Morgan fingerprint density at radius 3 is 2.88 bits per heavy atom. The lowest BCUT2D eigenvalue weighted by molar-refractivity contribution is -0.385. The van der Waals surface area contributed by atoms with Gasteiger partial charge in [0.25, 0.3) is 0 Å². The zero-order chi connectivity index (χ0) is 18.1. The van der Waals surface area contributed by atoms with E-state index in [-0.39, 0.29) is 11.6 Å². The Bertz CT molecular complexity index is 892. The molecule has 0 radical (unpaired) electrons. The summed E-state index contributed by atoms with van der Waals surface area (Å²) in [6.45, 7) is 3.18. The highest BCUT2D eigenvalue weighted by atomic mass is 32.1. The molecule has 1 atom stereocenters. The summed E-state index contributed by atoms with van der Waals surface area (Å²) in [7, 11) is 0. The summed E-state index contributed by atoms with van der Waals surface area (Å²) >= 11 is 1.45. The number of anilines is 1. The number of nitrogens with zero attached hydrogens (tertiary/aromatic N) is 4. The third-order valence-electron chi connectivity index (χ3n) is 4.48. The highest BCUT2D eigenvalue weighted by Gasteiger charge is 2.26. The van der Waals surface area contributed by atoms with Crippen LogP contribution in [0.3, 0.4) is 0 Å². The number of carbonyl (C=O) groups is 1. The molecule has 1 N–H and O–H groups in total.